The molecule has 3 rings (SSSR count). The number of H-pyrrole nitrogens is 1. The van der Waals surface area contributed by atoms with Crippen molar-refractivity contribution in [3.63, 3.8) is 0 Å². The topological polar surface area (TPSA) is 41.0 Å². The lowest BCUT2D eigenvalue weighted by atomic mass is 10.0. The molecule has 1 N–H and O–H groups in total. The van der Waals surface area contributed by atoms with Gasteiger partial charge in [0.15, 0.2) is 16.4 Å². The maximum absolute atomic E-state index is 13.7. The van der Waals surface area contributed by atoms with Gasteiger partial charge in [-0.25, -0.2) is 8.78 Å². The third-order valence-corrected chi connectivity index (χ3v) is 5.01. The van der Waals surface area contributed by atoms with Crippen molar-refractivity contribution in [3.8, 4) is 0 Å². The molecule has 1 unspecified atom stereocenters. The van der Waals surface area contributed by atoms with Crippen LogP contribution in [0.4, 0.5) is 8.78 Å². The lowest BCUT2D eigenvalue weighted by Gasteiger charge is -2.28. The molecule has 0 aliphatic carbocycles. The average Bonchev–Trinajstić information content (AvgIpc) is 3.00. The summed E-state index contributed by atoms with van der Waals surface area (Å²) >= 11 is 5.36. The van der Waals surface area contributed by atoms with Crippen molar-refractivity contribution in [2.24, 2.45) is 0 Å². The number of aromatic amines is 1. The van der Waals surface area contributed by atoms with E-state index >= 15 is 0 Å². The highest BCUT2D eigenvalue weighted by atomic mass is 32.1. The molecule has 2 aromatic rings. The predicted molar refractivity (Wildman–Crippen MR) is 94.2 cm³/mol. The van der Waals surface area contributed by atoms with Crippen molar-refractivity contribution in [1.82, 2.24) is 14.5 Å². The number of carbonyl (C=O) groups is 1. The summed E-state index contributed by atoms with van der Waals surface area (Å²) in [5.74, 6) is -1.86. The van der Waals surface area contributed by atoms with E-state index in [2.05, 4.69) is 4.98 Å². The molecule has 1 atom stereocenters. The van der Waals surface area contributed by atoms with Gasteiger partial charge in [-0.2, -0.15) is 0 Å². The maximum Gasteiger partial charge on any atom is 0.272 e. The molecule has 1 aromatic carbocycles. The summed E-state index contributed by atoms with van der Waals surface area (Å²) in [7, 11) is 0. The fraction of sp³-hybridized carbons (Fsp3) is 0.444. The summed E-state index contributed by atoms with van der Waals surface area (Å²) in [6, 6.07) is 3.48. The van der Waals surface area contributed by atoms with Crippen molar-refractivity contribution in [1.29, 1.82) is 0 Å². The summed E-state index contributed by atoms with van der Waals surface area (Å²) in [5, 5.41) is 0. The fourth-order valence-electron chi connectivity index (χ4n) is 3.40. The first-order chi connectivity index (χ1) is 12.0. The molecular weight excluding hydrogens is 344 g/mol. The second-order valence-corrected chi connectivity index (χ2v) is 6.69. The maximum atomic E-state index is 13.7. The van der Waals surface area contributed by atoms with Crippen LogP contribution in [0.3, 0.4) is 0 Å². The van der Waals surface area contributed by atoms with Crippen LogP contribution < -0.4 is 0 Å². The highest BCUT2D eigenvalue weighted by molar-refractivity contribution is 7.71. The molecule has 7 heteroatoms. The lowest BCUT2D eigenvalue weighted by Crippen LogP contribution is -2.37. The van der Waals surface area contributed by atoms with Crippen LogP contribution in [-0.4, -0.2) is 33.4 Å². The Morgan fingerprint density at radius 3 is 2.60 bits per heavy atom. The van der Waals surface area contributed by atoms with E-state index in [0.29, 0.717) is 22.4 Å². The summed E-state index contributed by atoms with van der Waals surface area (Å²) < 4.78 is 29.1. The second-order valence-electron chi connectivity index (χ2n) is 6.30. The van der Waals surface area contributed by atoms with Crippen LogP contribution in [0, 0.1) is 16.4 Å². The Hall–Kier alpha value is -2.02. The van der Waals surface area contributed by atoms with E-state index < -0.39 is 11.6 Å². The van der Waals surface area contributed by atoms with Gasteiger partial charge >= 0.3 is 0 Å². The van der Waals surface area contributed by atoms with E-state index in [0.717, 1.165) is 38.4 Å². The van der Waals surface area contributed by atoms with Gasteiger partial charge in [0.05, 0.1) is 6.04 Å². The Bertz CT molecular complexity index is 824. The number of piperidine rings is 1. The number of amides is 1. The monoisotopic (exact) mass is 365 g/mol. The standard InChI is InChI=1S/C18H21F2N3OS/c1-2-15(12-6-7-13(19)14(20)10-12)23-16(11-21-18(23)25)17(24)22-8-4-3-5-9-22/h6-7,10-11,15H,2-5,8-9H2,1H3,(H,21,25). The van der Waals surface area contributed by atoms with Crippen LogP contribution in [0.15, 0.2) is 24.4 Å². The molecule has 1 aliphatic rings. The van der Waals surface area contributed by atoms with Crippen molar-refractivity contribution in [3.05, 3.63) is 52.1 Å². The second kappa shape index (κ2) is 7.47. The van der Waals surface area contributed by atoms with E-state index in [1.54, 1.807) is 10.8 Å². The van der Waals surface area contributed by atoms with Gasteiger partial charge < -0.3 is 14.5 Å². The van der Waals surface area contributed by atoms with E-state index in [1.807, 2.05) is 11.8 Å². The zero-order valence-corrected chi connectivity index (χ0v) is 14.9. The van der Waals surface area contributed by atoms with E-state index in [-0.39, 0.29) is 11.9 Å². The molecule has 25 heavy (non-hydrogen) atoms. The Morgan fingerprint density at radius 2 is 1.96 bits per heavy atom. The predicted octanol–water partition coefficient (Wildman–Crippen LogP) is 4.45. The molecule has 0 bridgehead atoms. The first kappa shape index (κ1) is 17.8. The van der Waals surface area contributed by atoms with Gasteiger partial charge in [0.1, 0.15) is 5.69 Å². The molecular formula is C18H21F2N3OS. The quantitative estimate of drug-likeness (QED) is 0.814. The third-order valence-electron chi connectivity index (χ3n) is 4.70. The minimum absolute atomic E-state index is 0.0758. The molecule has 4 nitrogen and oxygen atoms in total. The molecule has 1 fully saturated rings. The van der Waals surface area contributed by atoms with Crippen molar-refractivity contribution in [2.75, 3.05) is 13.1 Å². The van der Waals surface area contributed by atoms with Crippen LogP contribution in [0.1, 0.15) is 54.7 Å². The molecule has 2 heterocycles. The summed E-state index contributed by atoms with van der Waals surface area (Å²) in [6.45, 7) is 3.40. The molecule has 1 saturated heterocycles. The van der Waals surface area contributed by atoms with E-state index in [1.165, 1.54) is 12.1 Å². The van der Waals surface area contributed by atoms with Gasteiger partial charge in [0, 0.05) is 19.3 Å². The van der Waals surface area contributed by atoms with Gasteiger partial charge in [-0.15, -0.1) is 0 Å². The molecule has 0 radical (unpaired) electrons. The number of nitrogens with zero attached hydrogens (tertiary/aromatic N) is 2. The minimum atomic E-state index is -0.901. The van der Waals surface area contributed by atoms with Gasteiger partial charge in [0.2, 0.25) is 0 Å². The fourth-order valence-corrected chi connectivity index (χ4v) is 3.68. The van der Waals surface area contributed by atoms with Crippen LogP contribution in [0.2, 0.25) is 0 Å². The Balaban J connectivity index is 2.00. The van der Waals surface area contributed by atoms with Crippen LogP contribution in [0.25, 0.3) is 0 Å². The number of imidazole rings is 1. The molecule has 1 aliphatic heterocycles. The number of benzene rings is 1. The number of likely N-dealkylation sites (tertiary alicyclic amines) is 1. The largest absolute Gasteiger partial charge is 0.337 e. The van der Waals surface area contributed by atoms with E-state index in [9.17, 15) is 13.6 Å². The van der Waals surface area contributed by atoms with Crippen molar-refractivity contribution >= 4 is 18.1 Å². The number of carbonyl (C=O) groups excluding carboxylic acids is 1. The zero-order chi connectivity index (χ0) is 18.0. The summed E-state index contributed by atoms with van der Waals surface area (Å²) in [6.07, 6.45) is 5.34. The highest BCUT2D eigenvalue weighted by Gasteiger charge is 2.25. The normalized spacial score (nSPS) is 16.0. The average molecular weight is 365 g/mol. The van der Waals surface area contributed by atoms with Crippen molar-refractivity contribution in [2.45, 2.75) is 38.6 Å². The SMILES string of the molecule is CCC(c1ccc(F)c(F)c1)n1c(C(=O)N2CCCCC2)c[nH]c1=S. The summed E-state index contributed by atoms with van der Waals surface area (Å²) in [5.41, 5.74) is 1.05. The van der Waals surface area contributed by atoms with Crippen molar-refractivity contribution < 1.29 is 13.6 Å². The molecule has 1 aromatic heterocycles. The number of hydrogen-bond acceptors (Lipinski definition) is 2. The van der Waals surface area contributed by atoms with Gasteiger partial charge in [-0.1, -0.05) is 13.0 Å². The summed E-state index contributed by atoms with van der Waals surface area (Å²) in [4.78, 5) is 17.7. The zero-order valence-electron chi connectivity index (χ0n) is 14.1. The molecule has 0 saturated carbocycles. The number of hydrogen-bond donors (Lipinski definition) is 1. The Kier molecular flexibility index (Phi) is 5.32. The molecule has 134 valence electrons. The van der Waals surface area contributed by atoms with Crippen LogP contribution >= 0.6 is 12.2 Å². The first-order valence-corrected chi connectivity index (χ1v) is 8.98. The molecule has 0 spiro atoms. The number of nitrogens with one attached hydrogen (secondary N) is 1. The molecule has 1 amide bonds. The Morgan fingerprint density at radius 1 is 1.24 bits per heavy atom. The third kappa shape index (κ3) is 3.51. The minimum Gasteiger partial charge on any atom is -0.337 e. The highest BCUT2D eigenvalue weighted by Crippen LogP contribution is 2.27. The van der Waals surface area contributed by atoms with Gasteiger partial charge in [0.25, 0.3) is 5.91 Å². The van der Waals surface area contributed by atoms with E-state index in [4.69, 9.17) is 12.2 Å². The lowest BCUT2D eigenvalue weighted by molar-refractivity contribution is 0.0711. The van der Waals surface area contributed by atoms with Crippen LogP contribution in [0.5, 0.6) is 0 Å². The first-order valence-electron chi connectivity index (χ1n) is 8.57. The number of halogens is 2. The number of aromatic nitrogens is 2. The number of rotatable bonds is 4. The smallest absolute Gasteiger partial charge is 0.272 e. The Labute approximate surface area is 150 Å². The van der Waals surface area contributed by atoms with Gasteiger partial charge in [-0.3, -0.25) is 4.79 Å². The van der Waals surface area contributed by atoms with Gasteiger partial charge in [-0.05, 0) is 55.6 Å². The van der Waals surface area contributed by atoms with Crippen LogP contribution in [-0.2, 0) is 0 Å².